The van der Waals surface area contributed by atoms with E-state index < -0.39 is 0 Å². The van der Waals surface area contributed by atoms with E-state index >= 15 is 0 Å². The summed E-state index contributed by atoms with van der Waals surface area (Å²) in [5.74, 6) is 0.489. The number of hydrogen-bond donors (Lipinski definition) is 0. The molecule has 0 fully saturated rings. The van der Waals surface area contributed by atoms with Crippen molar-refractivity contribution in [2.24, 2.45) is 4.99 Å². The SMILES string of the molecule is CCC(CC)c1ccccc1N=C=O. The van der Waals surface area contributed by atoms with Crippen molar-refractivity contribution >= 4 is 11.8 Å². The molecule has 0 radical (unpaired) electrons. The summed E-state index contributed by atoms with van der Waals surface area (Å²) in [5, 5.41) is 0. The van der Waals surface area contributed by atoms with Gasteiger partial charge in [-0.1, -0.05) is 32.0 Å². The maximum atomic E-state index is 10.2. The van der Waals surface area contributed by atoms with Crippen LogP contribution in [0.15, 0.2) is 29.3 Å². The van der Waals surface area contributed by atoms with Crippen LogP contribution in [0.3, 0.4) is 0 Å². The molecule has 74 valence electrons. The molecule has 0 N–H and O–H groups in total. The lowest BCUT2D eigenvalue weighted by atomic mass is 9.93. The zero-order valence-corrected chi connectivity index (χ0v) is 8.66. The van der Waals surface area contributed by atoms with Crippen LogP contribution in [0.4, 0.5) is 5.69 Å². The van der Waals surface area contributed by atoms with Crippen molar-refractivity contribution in [1.82, 2.24) is 0 Å². The number of hydrogen-bond acceptors (Lipinski definition) is 2. The highest BCUT2D eigenvalue weighted by molar-refractivity contribution is 5.54. The number of aliphatic imine (C=N–C) groups is 1. The van der Waals surface area contributed by atoms with Crippen molar-refractivity contribution in [3.63, 3.8) is 0 Å². The Labute approximate surface area is 84.7 Å². The molecular formula is C12H15NO. The topological polar surface area (TPSA) is 29.4 Å². The standard InChI is InChI=1S/C12H15NO/c1-3-10(4-2)11-7-5-6-8-12(11)13-9-14/h5-8,10H,3-4H2,1-2H3. The fourth-order valence-electron chi connectivity index (χ4n) is 1.71. The quantitative estimate of drug-likeness (QED) is 0.526. The minimum Gasteiger partial charge on any atom is -0.211 e. The van der Waals surface area contributed by atoms with Gasteiger partial charge in [0.2, 0.25) is 6.08 Å². The Morgan fingerprint density at radius 3 is 2.50 bits per heavy atom. The molecule has 0 aliphatic rings. The highest BCUT2D eigenvalue weighted by Crippen LogP contribution is 2.30. The third-order valence-electron chi connectivity index (χ3n) is 2.53. The lowest BCUT2D eigenvalue weighted by Crippen LogP contribution is -1.95. The maximum absolute atomic E-state index is 10.2. The van der Waals surface area contributed by atoms with Crippen LogP contribution in [0, 0.1) is 0 Å². The van der Waals surface area contributed by atoms with Crippen LogP contribution in [0.1, 0.15) is 38.2 Å². The van der Waals surface area contributed by atoms with Crippen LogP contribution in [-0.4, -0.2) is 6.08 Å². The van der Waals surface area contributed by atoms with E-state index in [4.69, 9.17) is 0 Å². The summed E-state index contributed by atoms with van der Waals surface area (Å²) in [6.07, 6.45) is 3.75. The van der Waals surface area contributed by atoms with Gasteiger partial charge in [-0.05, 0) is 30.4 Å². The first-order chi connectivity index (χ1) is 6.83. The molecule has 0 atom stereocenters. The summed E-state index contributed by atoms with van der Waals surface area (Å²) in [5.41, 5.74) is 1.91. The van der Waals surface area contributed by atoms with E-state index in [1.807, 2.05) is 24.3 Å². The predicted octanol–water partition coefficient (Wildman–Crippen LogP) is 3.56. The molecule has 0 aliphatic heterocycles. The number of benzene rings is 1. The first kappa shape index (κ1) is 10.7. The van der Waals surface area contributed by atoms with Gasteiger partial charge in [0.15, 0.2) is 0 Å². The Balaban J connectivity index is 3.10. The molecule has 2 nitrogen and oxygen atoms in total. The first-order valence-electron chi connectivity index (χ1n) is 5.00. The van der Waals surface area contributed by atoms with Gasteiger partial charge in [0, 0.05) is 0 Å². The highest BCUT2D eigenvalue weighted by Gasteiger charge is 2.10. The Bertz CT molecular complexity index is 336. The zero-order chi connectivity index (χ0) is 10.4. The van der Waals surface area contributed by atoms with Gasteiger partial charge in [0.05, 0.1) is 5.69 Å². The number of isocyanates is 1. The third-order valence-corrected chi connectivity index (χ3v) is 2.53. The van der Waals surface area contributed by atoms with Gasteiger partial charge in [-0.2, -0.15) is 4.99 Å². The second-order valence-corrected chi connectivity index (χ2v) is 3.28. The maximum Gasteiger partial charge on any atom is 0.240 e. The summed E-state index contributed by atoms with van der Waals surface area (Å²) in [7, 11) is 0. The Kier molecular flexibility index (Phi) is 4.09. The van der Waals surface area contributed by atoms with E-state index in [-0.39, 0.29) is 0 Å². The summed E-state index contributed by atoms with van der Waals surface area (Å²) in [6, 6.07) is 7.77. The van der Waals surface area contributed by atoms with Crippen molar-refractivity contribution in [1.29, 1.82) is 0 Å². The van der Waals surface area contributed by atoms with Crippen LogP contribution in [0.2, 0.25) is 0 Å². The predicted molar refractivity (Wildman–Crippen MR) is 57.5 cm³/mol. The third kappa shape index (κ3) is 2.30. The van der Waals surface area contributed by atoms with Crippen LogP contribution in [0.25, 0.3) is 0 Å². The Hall–Kier alpha value is -1.40. The van der Waals surface area contributed by atoms with Crippen molar-refractivity contribution in [2.45, 2.75) is 32.6 Å². The Morgan fingerprint density at radius 1 is 1.29 bits per heavy atom. The van der Waals surface area contributed by atoms with Gasteiger partial charge in [-0.15, -0.1) is 0 Å². The molecule has 0 bridgehead atoms. The molecule has 2 heteroatoms. The minimum atomic E-state index is 0.489. The molecule has 0 amide bonds. The molecular weight excluding hydrogens is 174 g/mol. The van der Waals surface area contributed by atoms with Gasteiger partial charge in [0.25, 0.3) is 0 Å². The number of para-hydroxylation sites is 1. The number of rotatable bonds is 4. The molecule has 0 aliphatic carbocycles. The van der Waals surface area contributed by atoms with Gasteiger partial charge < -0.3 is 0 Å². The van der Waals surface area contributed by atoms with E-state index in [9.17, 15) is 4.79 Å². The lowest BCUT2D eigenvalue weighted by Gasteiger charge is -2.13. The van der Waals surface area contributed by atoms with Gasteiger partial charge in [-0.3, -0.25) is 0 Å². The average molecular weight is 189 g/mol. The van der Waals surface area contributed by atoms with Crippen LogP contribution >= 0.6 is 0 Å². The van der Waals surface area contributed by atoms with E-state index in [0.717, 1.165) is 24.1 Å². The second kappa shape index (κ2) is 5.36. The lowest BCUT2D eigenvalue weighted by molar-refractivity contribution is 0.565. The monoisotopic (exact) mass is 189 g/mol. The molecule has 1 rings (SSSR count). The fraction of sp³-hybridized carbons (Fsp3) is 0.417. The van der Waals surface area contributed by atoms with E-state index in [0.29, 0.717) is 5.92 Å². The van der Waals surface area contributed by atoms with E-state index in [1.54, 1.807) is 6.08 Å². The van der Waals surface area contributed by atoms with E-state index in [1.165, 1.54) is 0 Å². The van der Waals surface area contributed by atoms with Gasteiger partial charge in [0.1, 0.15) is 0 Å². The summed E-state index contributed by atoms with van der Waals surface area (Å²) in [6.45, 7) is 4.30. The fourth-order valence-corrected chi connectivity index (χ4v) is 1.71. The second-order valence-electron chi connectivity index (χ2n) is 3.28. The zero-order valence-electron chi connectivity index (χ0n) is 8.66. The molecule has 0 saturated heterocycles. The van der Waals surface area contributed by atoms with Crippen molar-refractivity contribution in [3.8, 4) is 0 Å². The largest absolute Gasteiger partial charge is 0.240 e. The van der Waals surface area contributed by atoms with Crippen molar-refractivity contribution in [2.75, 3.05) is 0 Å². The summed E-state index contributed by atoms with van der Waals surface area (Å²) in [4.78, 5) is 14.0. The summed E-state index contributed by atoms with van der Waals surface area (Å²) >= 11 is 0. The molecule has 14 heavy (non-hydrogen) atoms. The van der Waals surface area contributed by atoms with Gasteiger partial charge >= 0.3 is 0 Å². The molecule has 1 aromatic rings. The molecule has 0 spiro atoms. The highest BCUT2D eigenvalue weighted by atomic mass is 16.1. The molecule has 1 aromatic carbocycles. The van der Waals surface area contributed by atoms with Crippen molar-refractivity contribution in [3.05, 3.63) is 29.8 Å². The molecule has 0 heterocycles. The average Bonchev–Trinajstić information content (AvgIpc) is 2.23. The number of carbonyl (C=O) groups excluding carboxylic acids is 1. The molecule has 0 unspecified atom stereocenters. The molecule has 0 aromatic heterocycles. The van der Waals surface area contributed by atoms with Crippen LogP contribution in [-0.2, 0) is 4.79 Å². The first-order valence-corrected chi connectivity index (χ1v) is 5.00. The number of nitrogens with zero attached hydrogens (tertiary/aromatic N) is 1. The summed E-state index contributed by atoms with van der Waals surface area (Å²) < 4.78 is 0. The van der Waals surface area contributed by atoms with Crippen molar-refractivity contribution < 1.29 is 4.79 Å². The van der Waals surface area contributed by atoms with Crippen LogP contribution < -0.4 is 0 Å². The normalized spacial score (nSPS) is 9.93. The molecule has 0 saturated carbocycles. The van der Waals surface area contributed by atoms with Gasteiger partial charge in [-0.25, -0.2) is 4.79 Å². The van der Waals surface area contributed by atoms with Crippen LogP contribution in [0.5, 0.6) is 0 Å². The minimum absolute atomic E-state index is 0.489. The smallest absolute Gasteiger partial charge is 0.211 e. The van der Waals surface area contributed by atoms with E-state index in [2.05, 4.69) is 18.8 Å². The Morgan fingerprint density at radius 2 is 1.93 bits per heavy atom.